The number of pyridine rings is 1. The van der Waals surface area contributed by atoms with Crippen LogP contribution in [0.1, 0.15) is 18.4 Å². The molecule has 0 radical (unpaired) electrons. The molecular formula is C13H21N3O2S. The van der Waals surface area contributed by atoms with E-state index in [0.29, 0.717) is 25.6 Å². The Morgan fingerprint density at radius 2 is 2.05 bits per heavy atom. The number of likely N-dealkylation sites (N-methyl/N-ethyl adjacent to an activating group) is 1. The Labute approximate surface area is 115 Å². The molecule has 0 amide bonds. The molecule has 19 heavy (non-hydrogen) atoms. The van der Waals surface area contributed by atoms with Gasteiger partial charge in [0.2, 0.25) is 10.0 Å². The van der Waals surface area contributed by atoms with Gasteiger partial charge >= 0.3 is 0 Å². The van der Waals surface area contributed by atoms with Crippen LogP contribution in [0.5, 0.6) is 0 Å². The van der Waals surface area contributed by atoms with Crippen LogP contribution in [0.25, 0.3) is 0 Å². The summed E-state index contributed by atoms with van der Waals surface area (Å²) < 4.78 is 25.5. The van der Waals surface area contributed by atoms with E-state index in [1.807, 2.05) is 12.1 Å². The van der Waals surface area contributed by atoms with Crippen molar-refractivity contribution in [1.29, 1.82) is 0 Å². The van der Waals surface area contributed by atoms with Crippen molar-refractivity contribution in [2.75, 3.05) is 25.9 Å². The quantitative estimate of drug-likeness (QED) is 0.760. The maximum absolute atomic E-state index is 12.0. The molecule has 1 fully saturated rings. The third-order valence-corrected chi connectivity index (χ3v) is 5.16. The molecule has 0 bridgehead atoms. The van der Waals surface area contributed by atoms with E-state index < -0.39 is 10.0 Å². The van der Waals surface area contributed by atoms with E-state index in [1.54, 1.807) is 19.4 Å². The smallest absolute Gasteiger partial charge is 0.215 e. The molecule has 0 unspecified atom stereocenters. The molecule has 1 aromatic rings. The maximum Gasteiger partial charge on any atom is 0.215 e. The van der Waals surface area contributed by atoms with Crippen LogP contribution in [-0.4, -0.2) is 49.6 Å². The number of hydrogen-bond donors (Lipinski definition) is 1. The summed E-state index contributed by atoms with van der Waals surface area (Å²) in [6.07, 6.45) is 6.52. The van der Waals surface area contributed by atoms with Gasteiger partial charge in [0, 0.05) is 38.6 Å². The third kappa shape index (κ3) is 4.89. The predicted molar refractivity (Wildman–Crippen MR) is 75.4 cm³/mol. The van der Waals surface area contributed by atoms with Crippen molar-refractivity contribution in [3.8, 4) is 0 Å². The molecule has 0 atom stereocenters. The van der Waals surface area contributed by atoms with E-state index >= 15 is 0 Å². The number of hydrogen-bond acceptors (Lipinski definition) is 4. The summed E-state index contributed by atoms with van der Waals surface area (Å²) in [5.41, 5.74) is 1.10. The van der Waals surface area contributed by atoms with E-state index in [0.717, 1.165) is 5.56 Å². The number of rotatable bonds is 8. The SMILES string of the molecule is CN(CCc1ccncc1)S(=O)(=O)CCNC1CC1. The van der Waals surface area contributed by atoms with Crippen molar-refractivity contribution in [3.05, 3.63) is 30.1 Å². The van der Waals surface area contributed by atoms with Crippen LogP contribution in [0.4, 0.5) is 0 Å². The molecule has 1 aromatic heterocycles. The van der Waals surface area contributed by atoms with Gasteiger partial charge in [-0.05, 0) is 37.0 Å². The molecule has 0 spiro atoms. The van der Waals surface area contributed by atoms with Crippen molar-refractivity contribution < 1.29 is 8.42 Å². The van der Waals surface area contributed by atoms with Gasteiger partial charge in [-0.25, -0.2) is 12.7 Å². The van der Waals surface area contributed by atoms with Crippen molar-refractivity contribution >= 4 is 10.0 Å². The van der Waals surface area contributed by atoms with Crippen molar-refractivity contribution in [2.45, 2.75) is 25.3 Å². The summed E-state index contributed by atoms with van der Waals surface area (Å²) in [5, 5.41) is 3.23. The van der Waals surface area contributed by atoms with E-state index in [4.69, 9.17) is 0 Å². The lowest BCUT2D eigenvalue weighted by Crippen LogP contribution is -2.35. The predicted octanol–water partition coefficient (Wildman–Crippen LogP) is 0.638. The third-order valence-electron chi connectivity index (χ3n) is 3.31. The van der Waals surface area contributed by atoms with Gasteiger partial charge in [-0.1, -0.05) is 0 Å². The molecule has 5 nitrogen and oxygen atoms in total. The lowest BCUT2D eigenvalue weighted by atomic mass is 10.2. The van der Waals surface area contributed by atoms with E-state index in [9.17, 15) is 8.42 Å². The van der Waals surface area contributed by atoms with Crippen LogP contribution in [0.3, 0.4) is 0 Å². The Balaban J connectivity index is 1.75. The zero-order chi connectivity index (χ0) is 13.7. The molecule has 2 rings (SSSR count). The zero-order valence-electron chi connectivity index (χ0n) is 11.2. The van der Waals surface area contributed by atoms with Gasteiger partial charge < -0.3 is 5.32 Å². The molecule has 0 aromatic carbocycles. The standard InChI is InChI=1S/C13H21N3O2S/c1-16(10-6-12-4-7-14-8-5-12)19(17,18)11-9-15-13-2-3-13/h4-5,7-8,13,15H,2-3,6,9-11H2,1H3. The molecule has 0 aliphatic heterocycles. The van der Waals surface area contributed by atoms with Gasteiger partial charge in [0.25, 0.3) is 0 Å². The minimum atomic E-state index is -3.14. The van der Waals surface area contributed by atoms with Crippen molar-refractivity contribution in [3.63, 3.8) is 0 Å². The van der Waals surface area contributed by atoms with Crippen molar-refractivity contribution in [2.24, 2.45) is 0 Å². The molecular weight excluding hydrogens is 262 g/mol. The van der Waals surface area contributed by atoms with Crippen LogP contribution in [0, 0.1) is 0 Å². The minimum absolute atomic E-state index is 0.177. The summed E-state index contributed by atoms with van der Waals surface area (Å²) in [7, 11) is -1.50. The monoisotopic (exact) mass is 283 g/mol. The lowest BCUT2D eigenvalue weighted by Gasteiger charge is -2.17. The van der Waals surface area contributed by atoms with E-state index in [-0.39, 0.29) is 5.75 Å². The van der Waals surface area contributed by atoms with Crippen LogP contribution < -0.4 is 5.32 Å². The summed E-state index contributed by atoms with van der Waals surface area (Å²) in [5.74, 6) is 0.177. The van der Waals surface area contributed by atoms with E-state index in [1.165, 1.54) is 17.1 Å². The average molecular weight is 283 g/mol. The highest BCUT2D eigenvalue weighted by Crippen LogP contribution is 2.18. The largest absolute Gasteiger partial charge is 0.313 e. The summed E-state index contributed by atoms with van der Waals surface area (Å²) in [6, 6.07) is 4.38. The second-order valence-corrected chi connectivity index (χ2v) is 7.17. The number of nitrogens with one attached hydrogen (secondary N) is 1. The Morgan fingerprint density at radius 1 is 1.37 bits per heavy atom. The van der Waals surface area contributed by atoms with Crippen LogP contribution in [0.15, 0.2) is 24.5 Å². The molecule has 1 aliphatic carbocycles. The molecule has 106 valence electrons. The number of sulfonamides is 1. The molecule has 6 heteroatoms. The van der Waals surface area contributed by atoms with Gasteiger partial charge in [-0.3, -0.25) is 4.98 Å². The highest BCUT2D eigenvalue weighted by Gasteiger charge is 2.22. The van der Waals surface area contributed by atoms with E-state index in [2.05, 4.69) is 10.3 Å². The Morgan fingerprint density at radius 3 is 2.68 bits per heavy atom. The summed E-state index contributed by atoms with van der Waals surface area (Å²) in [4.78, 5) is 3.94. The first-order chi connectivity index (χ1) is 9.08. The highest BCUT2D eigenvalue weighted by molar-refractivity contribution is 7.89. The second kappa shape index (κ2) is 6.45. The number of nitrogens with zero attached hydrogens (tertiary/aromatic N) is 2. The zero-order valence-corrected chi connectivity index (χ0v) is 12.1. The Kier molecular flexibility index (Phi) is 4.90. The first-order valence-corrected chi connectivity index (χ1v) is 8.25. The normalized spacial score (nSPS) is 15.9. The molecule has 1 aliphatic rings. The van der Waals surface area contributed by atoms with Crippen LogP contribution in [0.2, 0.25) is 0 Å². The number of aromatic nitrogens is 1. The summed E-state index contributed by atoms with van der Waals surface area (Å²) in [6.45, 7) is 1.06. The minimum Gasteiger partial charge on any atom is -0.313 e. The first-order valence-electron chi connectivity index (χ1n) is 6.64. The topological polar surface area (TPSA) is 62.3 Å². The van der Waals surface area contributed by atoms with Gasteiger partial charge in [-0.15, -0.1) is 0 Å². The lowest BCUT2D eigenvalue weighted by molar-refractivity contribution is 0.470. The highest BCUT2D eigenvalue weighted by atomic mass is 32.2. The first kappa shape index (κ1) is 14.4. The van der Waals surface area contributed by atoms with Crippen LogP contribution in [-0.2, 0) is 16.4 Å². The average Bonchev–Trinajstić information content (AvgIpc) is 3.21. The van der Waals surface area contributed by atoms with Crippen molar-refractivity contribution in [1.82, 2.24) is 14.6 Å². The summed E-state index contributed by atoms with van der Waals surface area (Å²) >= 11 is 0. The van der Waals surface area contributed by atoms with Gasteiger partial charge in [-0.2, -0.15) is 0 Å². The van der Waals surface area contributed by atoms with Crippen LogP contribution >= 0.6 is 0 Å². The second-order valence-electron chi connectivity index (χ2n) is 4.97. The fraction of sp³-hybridized carbons (Fsp3) is 0.615. The maximum atomic E-state index is 12.0. The Hall–Kier alpha value is -0.980. The fourth-order valence-electron chi connectivity index (χ4n) is 1.81. The molecule has 1 N–H and O–H groups in total. The Bertz CT molecular complexity index is 486. The molecule has 0 saturated heterocycles. The molecule has 1 saturated carbocycles. The fourth-order valence-corrected chi connectivity index (χ4v) is 2.87. The van der Waals surface area contributed by atoms with Gasteiger partial charge in [0.15, 0.2) is 0 Å². The van der Waals surface area contributed by atoms with Gasteiger partial charge in [0.1, 0.15) is 0 Å². The van der Waals surface area contributed by atoms with Gasteiger partial charge in [0.05, 0.1) is 5.75 Å². The molecule has 1 heterocycles.